The minimum Gasteiger partial charge on any atom is -0.352 e. The van der Waals surface area contributed by atoms with E-state index in [-0.39, 0.29) is 17.6 Å². The zero-order chi connectivity index (χ0) is 16.4. The molecule has 5 heteroatoms. The zero-order valence-corrected chi connectivity index (χ0v) is 12.6. The minimum atomic E-state index is -0.761. The van der Waals surface area contributed by atoms with Gasteiger partial charge in [0.2, 0.25) is 5.78 Å². The molecule has 0 fully saturated rings. The SMILES string of the molecule is O=C1c2[nH]c3ccccc3c2C[C@H]1N1C(=O)c2ccccc2C1=O. The number of benzene rings is 2. The Labute approximate surface area is 136 Å². The number of carbonyl (C=O) groups is 3. The quantitative estimate of drug-likeness (QED) is 0.701. The zero-order valence-electron chi connectivity index (χ0n) is 12.6. The van der Waals surface area contributed by atoms with Gasteiger partial charge in [0, 0.05) is 17.3 Å². The van der Waals surface area contributed by atoms with Gasteiger partial charge in [-0.1, -0.05) is 30.3 Å². The van der Waals surface area contributed by atoms with Crippen molar-refractivity contribution in [2.75, 3.05) is 0 Å². The van der Waals surface area contributed by atoms with Gasteiger partial charge in [0.1, 0.15) is 6.04 Å². The Morgan fingerprint density at radius 3 is 2.21 bits per heavy atom. The van der Waals surface area contributed by atoms with Crippen LogP contribution in [0.1, 0.15) is 36.8 Å². The summed E-state index contributed by atoms with van der Waals surface area (Å²) in [6, 6.07) is 13.6. The van der Waals surface area contributed by atoms with Crippen LogP contribution in [0.2, 0.25) is 0 Å². The van der Waals surface area contributed by atoms with Gasteiger partial charge in [0.05, 0.1) is 16.8 Å². The molecule has 0 bridgehead atoms. The lowest BCUT2D eigenvalue weighted by atomic mass is 10.1. The molecule has 0 unspecified atom stereocenters. The molecule has 5 nitrogen and oxygen atoms in total. The Bertz CT molecular complexity index is 1030. The van der Waals surface area contributed by atoms with Crippen molar-refractivity contribution in [2.24, 2.45) is 0 Å². The van der Waals surface area contributed by atoms with E-state index < -0.39 is 6.04 Å². The first-order valence-electron chi connectivity index (χ1n) is 7.77. The Morgan fingerprint density at radius 1 is 0.875 bits per heavy atom. The van der Waals surface area contributed by atoms with Gasteiger partial charge in [0.25, 0.3) is 11.8 Å². The monoisotopic (exact) mass is 316 g/mol. The van der Waals surface area contributed by atoms with Gasteiger partial charge in [-0.3, -0.25) is 19.3 Å². The standard InChI is InChI=1S/C19H12N2O3/c22-17-15(9-13-10-5-3-4-8-14(10)20-16(13)17)21-18(23)11-6-1-2-7-12(11)19(21)24/h1-8,15,20H,9H2/t15-/m1/s1. The largest absolute Gasteiger partial charge is 0.352 e. The second-order valence-electron chi connectivity index (χ2n) is 6.13. The molecular weight excluding hydrogens is 304 g/mol. The highest BCUT2D eigenvalue weighted by atomic mass is 16.2. The van der Waals surface area contributed by atoms with Crippen LogP contribution < -0.4 is 0 Å². The molecule has 0 saturated carbocycles. The summed E-state index contributed by atoms with van der Waals surface area (Å²) in [5.74, 6) is -0.970. The first kappa shape index (κ1) is 13.2. The molecule has 5 rings (SSSR count). The molecule has 2 aromatic carbocycles. The predicted molar refractivity (Wildman–Crippen MR) is 87.1 cm³/mol. The van der Waals surface area contributed by atoms with Crippen LogP contribution in [0.5, 0.6) is 0 Å². The van der Waals surface area contributed by atoms with Crippen molar-refractivity contribution < 1.29 is 14.4 Å². The molecule has 1 N–H and O–H groups in total. The Kier molecular flexibility index (Phi) is 2.44. The summed E-state index contributed by atoms with van der Waals surface area (Å²) in [5.41, 5.74) is 3.04. The minimum absolute atomic E-state index is 0.198. The fourth-order valence-electron chi connectivity index (χ4n) is 3.77. The van der Waals surface area contributed by atoms with E-state index in [0.717, 1.165) is 21.4 Å². The van der Waals surface area contributed by atoms with E-state index in [4.69, 9.17) is 0 Å². The number of nitrogens with zero attached hydrogens (tertiary/aromatic N) is 1. The summed E-state index contributed by atoms with van der Waals surface area (Å²) in [7, 11) is 0. The Balaban J connectivity index is 1.59. The van der Waals surface area contributed by atoms with Crippen molar-refractivity contribution in [1.29, 1.82) is 0 Å². The van der Waals surface area contributed by atoms with E-state index in [1.54, 1.807) is 24.3 Å². The molecule has 3 aromatic rings. The number of fused-ring (bicyclic) bond motifs is 4. The number of Topliss-reactive ketones (excluding diaryl/α,β-unsaturated/α-hetero) is 1. The molecule has 0 spiro atoms. The van der Waals surface area contributed by atoms with Crippen LogP contribution in [0.4, 0.5) is 0 Å². The molecule has 2 aliphatic rings. The number of amides is 2. The third-order valence-corrected chi connectivity index (χ3v) is 4.90. The Hall–Kier alpha value is -3.21. The summed E-state index contributed by atoms with van der Waals surface area (Å²) < 4.78 is 0. The van der Waals surface area contributed by atoms with E-state index in [1.807, 2.05) is 24.3 Å². The number of para-hydroxylation sites is 1. The average molecular weight is 316 g/mol. The fraction of sp³-hybridized carbons (Fsp3) is 0.105. The molecule has 116 valence electrons. The van der Waals surface area contributed by atoms with Crippen LogP contribution in [0, 0.1) is 0 Å². The third kappa shape index (κ3) is 1.51. The number of aromatic amines is 1. The first-order chi connectivity index (χ1) is 11.7. The molecular formula is C19H12N2O3. The summed E-state index contributed by atoms with van der Waals surface area (Å²) in [6.07, 6.45) is 0.365. The molecule has 1 aliphatic carbocycles. The second kappa shape index (κ2) is 4.41. The number of carbonyl (C=O) groups excluding carboxylic acids is 3. The van der Waals surface area contributed by atoms with Gasteiger partial charge >= 0.3 is 0 Å². The fourth-order valence-corrected chi connectivity index (χ4v) is 3.77. The summed E-state index contributed by atoms with van der Waals surface area (Å²) in [6.45, 7) is 0. The molecule has 1 aromatic heterocycles. The lowest BCUT2D eigenvalue weighted by Gasteiger charge is -2.20. The van der Waals surface area contributed by atoms with E-state index in [2.05, 4.69) is 4.98 Å². The van der Waals surface area contributed by atoms with Gasteiger partial charge < -0.3 is 4.98 Å². The van der Waals surface area contributed by atoms with Crippen molar-refractivity contribution in [3.05, 3.63) is 70.9 Å². The van der Waals surface area contributed by atoms with Crippen LogP contribution in [0.15, 0.2) is 48.5 Å². The topological polar surface area (TPSA) is 70.2 Å². The molecule has 1 aliphatic heterocycles. The van der Waals surface area contributed by atoms with Crippen molar-refractivity contribution in [3.8, 4) is 0 Å². The van der Waals surface area contributed by atoms with Crippen molar-refractivity contribution >= 4 is 28.5 Å². The van der Waals surface area contributed by atoms with E-state index >= 15 is 0 Å². The Morgan fingerprint density at radius 2 is 1.50 bits per heavy atom. The average Bonchev–Trinajstić information content (AvgIpc) is 3.20. The maximum Gasteiger partial charge on any atom is 0.262 e. The normalized spacial score (nSPS) is 19.2. The molecule has 0 saturated heterocycles. The molecule has 2 amide bonds. The number of nitrogens with one attached hydrogen (secondary N) is 1. The van der Waals surface area contributed by atoms with Gasteiger partial charge in [-0.2, -0.15) is 0 Å². The van der Waals surface area contributed by atoms with Gasteiger partial charge in [0.15, 0.2) is 0 Å². The number of H-pyrrole nitrogens is 1. The highest BCUT2D eigenvalue weighted by Gasteiger charge is 2.46. The first-order valence-corrected chi connectivity index (χ1v) is 7.77. The number of rotatable bonds is 1. The number of hydrogen-bond acceptors (Lipinski definition) is 3. The lowest BCUT2D eigenvalue weighted by Crippen LogP contribution is -2.43. The van der Waals surface area contributed by atoms with Crippen LogP contribution in [-0.2, 0) is 6.42 Å². The number of ketones is 1. The van der Waals surface area contributed by atoms with Crippen LogP contribution in [0.3, 0.4) is 0 Å². The van der Waals surface area contributed by atoms with Gasteiger partial charge in [-0.05, 0) is 23.8 Å². The summed E-state index contributed by atoms with van der Waals surface area (Å²) >= 11 is 0. The van der Waals surface area contributed by atoms with Gasteiger partial charge in [-0.25, -0.2) is 0 Å². The van der Waals surface area contributed by atoms with Crippen molar-refractivity contribution in [2.45, 2.75) is 12.5 Å². The van der Waals surface area contributed by atoms with Crippen molar-refractivity contribution in [1.82, 2.24) is 9.88 Å². The second-order valence-corrected chi connectivity index (χ2v) is 6.13. The smallest absolute Gasteiger partial charge is 0.262 e. The van der Waals surface area contributed by atoms with E-state index in [1.165, 1.54) is 0 Å². The highest BCUT2D eigenvalue weighted by Crippen LogP contribution is 2.35. The number of imide groups is 1. The van der Waals surface area contributed by atoms with Crippen LogP contribution in [0.25, 0.3) is 10.9 Å². The van der Waals surface area contributed by atoms with Crippen LogP contribution >= 0.6 is 0 Å². The van der Waals surface area contributed by atoms with Gasteiger partial charge in [-0.15, -0.1) is 0 Å². The molecule has 0 radical (unpaired) electrons. The van der Waals surface area contributed by atoms with E-state index in [0.29, 0.717) is 23.2 Å². The lowest BCUT2D eigenvalue weighted by molar-refractivity contribution is 0.0550. The summed E-state index contributed by atoms with van der Waals surface area (Å²) in [5, 5.41) is 0.972. The maximum atomic E-state index is 12.8. The highest BCUT2D eigenvalue weighted by molar-refractivity contribution is 6.24. The number of aromatic nitrogens is 1. The third-order valence-electron chi connectivity index (χ3n) is 4.90. The predicted octanol–water partition coefficient (Wildman–Crippen LogP) is 2.57. The maximum absolute atomic E-state index is 12.8. The summed E-state index contributed by atoms with van der Waals surface area (Å²) in [4.78, 5) is 42.3. The van der Waals surface area contributed by atoms with E-state index in [9.17, 15) is 14.4 Å². The van der Waals surface area contributed by atoms with Crippen LogP contribution in [-0.4, -0.2) is 33.5 Å². The molecule has 2 heterocycles. The van der Waals surface area contributed by atoms with Crippen molar-refractivity contribution in [3.63, 3.8) is 0 Å². The molecule has 24 heavy (non-hydrogen) atoms. The molecule has 1 atom stereocenters. The number of hydrogen-bond donors (Lipinski definition) is 1.